The first kappa shape index (κ1) is 58.6. The van der Waals surface area contributed by atoms with Gasteiger partial charge in [0, 0.05) is 19.3 Å². The van der Waals surface area contributed by atoms with Crippen molar-refractivity contribution in [3.63, 3.8) is 0 Å². The van der Waals surface area contributed by atoms with Crippen LogP contribution in [0.15, 0.2) is 85.1 Å². The summed E-state index contributed by atoms with van der Waals surface area (Å²) >= 11 is 0. The summed E-state index contributed by atoms with van der Waals surface area (Å²) in [7, 11) is 0. The second kappa shape index (κ2) is 50.2. The molecule has 0 heterocycles. The van der Waals surface area contributed by atoms with Crippen LogP contribution >= 0.6 is 0 Å². The summed E-state index contributed by atoms with van der Waals surface area (Å²) in [5.41, 5.74) is 0. The first-order valence-electron chi connectivity index (χ1n) is 25.6. The van der Waals surface area contributed by atoms with E-state index in [2.05, 4.69) is 106 Å². The number of unbranched alkanes of at least 4 members (excludes halogenated alkanes) is 20. The van der Waals surface area contributed by atoms with Crippen LogP contribution in [0.4, 0.5) is 0 Å². The molecule has 0 aromatic heterocycles. The second-order valence-electron chi connectivity index (χ2n) is 16.7. The number of allylic oxidation sites excluding steroid dienone is 14. The zero-order valence-electron chi connectivity index (χ0n) is 40.4. The molecule has 0 aromatic rings. The molecule has 1 atom stereocenters. The molecular formula is C56H94O6. The molecule has 354 valence electrons. The highest BCUT2D eigenvalue weighted by Gasteiger charge is 2.19. The van der Waals surface area contributed by atoms with Gasteiger partial charge in [0.15, 0.2) is 6.10 Å². The smallest absolute Gasteiger partial charge is 0.306 e. The molecule has 0 saturated heterocycles. The number of hydrogen-bond donors (Lipinski definition) is 0. The highest BCUT2D eigenvalue weighted by molar-refractivity contribution is 5.71. The molecular weight excluding hydrogens is 769 g/mol. The summed E-state index contributed by atoms with van der Waals surface area (Å²) in [6.45, 7) is 6.40. The van der Waals surface area contributed by atoms with Crippen molar-refractivity contribution in [2.45, 2.75) is 239 Å². The maximum absolute atomic E-state index is 12.8. The van der Waals surface area contributed by atoms with Crippen LogP contribution in [-0.2, 0) is 28.6 Å². The average molecular weight is 863 g/mol. The normalized spacial score (nSPS) is 12.8. The maximum atomic E-state index is 12.8. The number of ether oxygens (including phenoxy) is 3. The van der Waals surface area contributed by atoms with Crippen LogP contribution in [0.3, 0.4) is 0 Å². The van der Waals surface area contributed by atoms with Gasteiger partial charge in [0.05, 0.1) is 0 Å². The number of rotatable bonds is 45. The molecule has 6 nitrogen and oxygen atoms in total. The third-order valence-corrected chi connectivity index (χ3v) is 10.6. The maximum Gasteiger partial charge on any atom is 0.306 e. The summed E-state index contributed by atoms with van der Waals surface area (Å²) in [6, 6.07) is 0. The van der Waals surface area contributed by atoms with Crippen molar-refractivity contribution in [1.29, 1.82) is 0 Å². The van der Waals surface area contributed by atoms with E-state index in [0.29, 0.717) is 19.3 Å². The minimum absolute atomic E-state index is 0.0934. The SMILES string of the molecule is CC/C=C\C/C=C\C/C=C\CCCCCCCC(=O)OC(COC(=O)CCCCCCC/C=C\CCC)COC(=O)CCCCCCCC/C=C\C/C=C\C/C=C\CCCCC. The quantitative estimate of drug-likeness (QED) is 0.0263. The van der Waals surface area contributed by atoms with Gasteiger partial charge in [-0.15, -0.1) is 0 Å². The van der Waals surface area contributed by atoms with E-state index in [9.17, 15) is 14.4 Å². The van der Waals surface area contributed by atoms with Crippen LogP contribution < -0.4 is 0 Å². The first-order valence-corrected chi connectivity index (χ1v) is 25.6. The van der Waals surface area contributed by atoms with Gasteiger partial charge in [0.25, 0.3) is 0 Å². The topological polar surface area (TPSA) is 78.9 Å². The molecule has 0 aromatic carbocycles. The van der Waals surface area contributed by atoms with Gasteiger partial charge in [-0.1, -0.05) is 189 Å². The van der Waals surface area contributed by atoms with E-state index < -0.39 is 6.10 Å². The lowest BCUT2D eigenvalue weighted by Gasteiger charge is -2.18. The van der Waals surface area contributed by atoms with Crippen molar-refractivity contribution >= 4 is 17.9 Å². The highest BCUT2D eigenvalue weighted by Crippen LogP contribution is 2.13. The Labute approximate surface area is 382 Å². The van der Waals surface area contributed by atoms with Crippen LogP contribution in [0.2, 0.25) is 0 Å². The molecule has 0 aliphatic rings. The Morgan fingerprint density at radius 3 is 1.06 bits per heavy atom. The lowest BCUT2D eigenvalue weighted by Crippen LogP contribution is -2.30. The predicted molar refractivity (Wildman–Crippen MR) is 265 cm³/mol. The molecule has 0 aliphatic heterocycles. The number of esters is 3. The van der Waals surface area contributed by atoms with Gasteiger partial charge in [0.2, 0.25) is 0 Å². The second-order valence-corrected chi connectivity index (χ2v) is 16.7. The lowest BCUT2D eigenvalue weighted by molar-refractivity contribution is -0.167. The van der Waals surface area contributed by atoms with Crippen molar-refractivity contribution in [2.24, 2.45) is 0 Å². The number of carbonyl (C=O) groups excluding carboxylic acids is 3. The van der Waals surface area contributed by atoms with Crippen LogP contribution in [-0.4, -0.2) is 37.2 Å². The van der Waals surface area contributed by atoms with Gasteiger partial charge in [-0.2, -0.15) is 0 Å². The van der Waals surface area contributed by atoms with E-state index in [1.807, 2.05) is 0 Å². The molecule has 0 bridgehead atoms. The van der Waals surface area contributed by atoms with Crippen molar-refractivity contribution in [3.8, 4) is 0 Å². The van der Waals surface area contributed by atoms with Crippen molar-refractivity contribution in [2.75, 3.05) is 13.2 Å². The molecule has 0 amide bonds. The van der Waals surface area contributed by atoms with Crippen LogP contribution in [0.5, 0.6) is 0 Å². The zero-order valence-corrected chi connectivity index (χ0v) is 40.4. The first-order chi connectivity index (χ1) is 30.5. The molecule has 0 fully saturated rings. The monoisotopic (exact) mass is 863 g/mol. The fraction of sp³-hybridized carbons (Fsp3) is 0.696. The molecule has 0 radical (unpaired) electrons. The highest BCUT2D eigenvalue weighted by atomic mass is 16.6. The summed E-state index contributed by atoms with van der Waals surface area (Å²) in [4.78, 5) is 37.9. The van der Waals surface area contributed by atoms with Gasteiger partial charge in [-0.25, -0.2) is 0 Å². The van der Waals surface area contributed by atoms with Gasteiger partial charge in [-0.3, -0.25) is 14.4 Å². The molecule has 0 spiro atoms. The van der Waals surface area contributed by atoms with E-state index in [1.165, 1.54) is 57.8 Å². The van der Waals surface area contributed by atoms with Gasteiger partial charge < -0.3 is 14.2 Å². The molecule has 0 N–H and O–H groups in total. The molecule has 1 unspecified atom stereocenters. The van der Waals surface area contributed by atoms with E-state index in [0.717, 1.165) is 135 Å². The van der Waals surface area contributed by atoms with Crippen molar-refractivity contribution < 1.29 is 28.6 Å². The van der Waals surface area contributed by atoms with Crippen LogP contribution in [0, 0.1) is 0 Å². The van der Waals surface area contributed by atoms with Crippen LogP contribution in [0.25, 0.3) is 0 Å². The summed E-state index contributed by atoms with van der Waals surface area (Å²) < 4.78 is 16.7. The summed E-state index contributed by atoms with van der Waals surface area (Å²) in [6.07, 6.45) is 64.2. The Bertz CT molecular complexity index is 1220. The van der Waals surface area contributed by atoms with E-state index in [4.69, 9.17) is 14.2 Å². The standard InChI is InChI=1S/C56H94O6/c1-4-7-10-13-16-19-22-24-26-27-28-29-31-32-34-37-40-43-46-49-55(58)61-52-53(51-60-54(57)48-45-42-39-36-21-18-15-12-9-6-3)62-56(59)50-47-44-41-38-35-33-30-25-23-20-17-14-11-8-5-2/h8,11-12,15-17,19-20,24-26,28-30,53H,4-7,9-10,13-14,18,21-23,27,31-52H2,1-3H3/b11-8-,15-12-,19-16-,20-17-,26-24-,29-28-,30-25-. The van der Waals surface area contributed by atoms with Gasteiger partial charge in [0.1, 0.15) is 13.2 Å². The largest absolute Gasteiger partial charge is 0.462 e. The third kappa shape index (κ3) is 47.6. The van der Waals surface area contributed by atoms with Crippen molar-refractivity contribution in [3.05, 3.63) is 85.1 Å². The minimum Gasteiger partial charge on any atom is -0.462 e. The third-order valence-electron chi connectivity index (χ3n) is 10.6. The number of carbonyl (C=O) groups is 3. The Balaban J connectivity index is 4.40. The van der Waals surface area contributed by atoms with E-state index in [-0.39, 0.29) is 31.1 Å². The molecule has 6 heteroatoms. The number of hydrogen-bond acceptors (Lipinski definition) is 6. The van der Waals surface area contributed by atoms with Gasteiger partial charge >= 0.3 is 17.9 Å². The van der Waals surface area contributed by atoms with E-state index >= 15 is 0 Å². The van der Waals surface area contributed by atoms with Crippen molar-refractivity contribution in [1.82, 2.24) is 0 Å². The predicted octanol–water partition coefficient (Wildman–Crippen LogP) is 16.8. The Hall–Kier alpha value is -3.41. The Kier molecular flexibility index (Phi) is 47.5. The van der Waals surface area contributed by atoms with E-state index in [1.54, 1.807) is 0 Å². The fourth-order valence-electron chi connectivity index (χ4n) is 6.76. The fourth-order valence-corrected chi connectivity index (χ4v) is 6.76. The molecule has 62 heavy (non-hydrogen) atoms. The average Bonchev–Trinajstić information content (AvgIpc) is 3.27. The Morgan fingerprint density at radius 2 is 0.661 bits per heavy atom. The summed E-state index contributed by atoms with van der Waals surface area (Å²) in [5.74, 6) is -0.936. The molecule has 0 rings (SSSR count). The summed E-state index contributed by atoms with van der Waals surface area (Å²) in [5, 5.41) is 0. The lowest BCUT2D eigenvalue weighted by atomic mass is 10.1. The minimum atomic E-state index is -0.794. The molecule has 0 aliphatic carbocycles. The van der Waals surface area contributed by atoms with Gasteiger partial charge in [-0.05, 0) is 109 Å². The van der Waals surface area contributed by atoms with Crippen LogP contribution in [0.1, 0.15) is 233 Å². The molecule has 0 saturated carbocycles. The zero-order chi connectivity index (χ0) is 45.1. The Morgan fingerprint density at radius 1 is 0.339 bits per heavy atom.